The van der Waals surface area contributed by atoms with Crippen molar-refractivity contribution in [1.82, 2.24) is 9.97 Å². The number of alkyl halides is 6. The number of nitrogens with zero attached hydrogens (tertiary/aromatic N) is 2. The van der Waals surface area contributed by atoms with Gasteiger partial charge in [0, 0.05) is 11.9 Å². The summed E-state index contributed by atoms with van der Waals surface area (Å²) in [5, 5.41) is 0.433. The van der Waals surface area contributed by atoms with Gasteiger partial charge in [0.05, 0.1) is 28.9 Å². The standard InChI is InChI=1S/C18H14F6N4/c19-17(20,21)11-3-10(4-12(6-11)18(22,23)24)9-1-2-14-13(5-9)15(7-25)28-16(8-26)27-14/h1-6H,7-8,25-26H2. The first-order chi connectivity index (χ1) is 13.0. The lowest BCUT2D eigenvalue weighted by Gasteiger charge is -2.15. The van der Waals surface area contributed by atoms with Crippen molar-refractivity contribution in [2.45, 2.75) is 25.4 Å². The molecule has 0 fully saturated rings. The average Bonchev–Trinajstić information content (AvgIpc) is 2.64. The SMILES string of the molecule is NCc1nc(CN)c2cc(-c3cc(C(F)(F)F)cc(C(F)(F)F)c3)ccc2n1. The topological polar surface area (TPSA) is 77.8 Å². The van der Waals surface area contributed by atoms with E-state index in [-0.39, 0.29) is 30.3 Å². The Morgan fingerprint density at radius 2 is 1.32 bits per heavy atom. The van der Waals surface area contributed by atoms with Gasteiger partial charge in [-0.15, -0.1) is 0 Å². The Labute approximate surface area is 155 Å². The monoisotopic (exact) mass is 400 g/mol. The Hall–Kier alpha value is -2.72. The van der Waals surface area contributed by atoms with Crippen molar-refractivity contribution in [3.05, 3.63) is 59.0 Å². The van der Waals surface area contributed by atoms with Gasteiger partial charge in [-0.25, -0.2) is 9.97 Å². The van der Waals surface area contributed by atoms with Gasteiger partial charge in [-0.3, -0.25) is 0 Å². The Morgan fingerprint density at radius 3 is 1.82 bits per heavy atom. The molecule has 28 heavy (non-hydrogen) atoms. The quantitative estimate of drug-likeness (QED) is 0.645. The van der Waals surface area contributed by atoms with Crippen LogP contribution in [0.3, 0.4) is 0 Å². The number of rotatable bonds is 3. The fourth-order valence-corrected chi connectivity index (χ4v) is 2.79. The second-order valence-corrected chi connectivity index (χ2v) is 6.02. The Bertz CT molecular complexity index is 995. The molecule has 4 nitrogen and oxygen atoms in total. The van der Waals surface area contributed by atoms with Crippen LogP contribution < -0.4 is 11.5 Å². The smallest absolute Gasteiger partial charge is 0.325 e. The maximum Gasteiger partial charge on any atom is 0.416 e. The van der Waals surface area contributed by atoms with E-state index in [1.54, 1.807) is 0 Å². The molecule has 0 aliphatic heterocycles. The van der Waals surface area contributed by atoms with Crippen molar-refractivity contribution in [2.75, 3.05) is 0 Å². The van der Waals surface area contributed by atoms with E-state index >= 15 is 0 Å². The van der Waals surface area contributed by atoms with Crippen molar-refractivity contribution in [3.8, 4) is 11.1 Å². The second kappa shape index (κ2) is 7.02. The molecule has 1 aromatic heterocycles. The normalized spacial score (nSPS) is 12.6. The van der Waals surface area contributed by atoms with Crippen molar-refractivity contribution < 1.29 is 26.3 Å². The largest absolute Gasteiger partial charge is 0.416 e. The molecule has 3 rings (SSSR count). The fourth-order valence-electron chi connectivity index (χ4n) is 2.79. The number of aromatic nitrogens is 2. The van der Waals surface area contributed by atoms with E-state index in [1.165, 1.54) is 18.2 Å². The maximum atomic E-state index is 13.1. The molecule has 148 valence electrons. The van der Waals surface area contributed by atoms with Gasteiger partial charge >= 0.3 is 12.4 Å². The summed E-state index contributed by atoms with van der Waals surface area (Å²) in [6.07, 6.45) is -9.84. The van der Waals surface area contributed by atoms with Gasteiger partial charge in [0.15, 0.2) is 0 Å². The van der Waals surface area contributed by atoms with Crippen LogP contribution in [0, 0.1) is 0 Å². The number of hydrogen-bond donors (Lipinski definition) is 2. The van der Waals surface area contributed by atoms with Crippen molar-refractivity contribution >= 4 is 10.9 Å². The third-order valence-corrected chi connectivity index (χ3v) is 4.12. The third kappa shape index (κ3) is 3.92. The van der Waals surface area contributed by atoms with E-state index in [9.17, 15) is 26.3 Å². The van der Waals surface area contributed by atoms with Crippen LogP contribution in [-0.4, -0.2) is 9.97 Å². The van der Waals surface area contributed by atoms with Crippen molar-refractivity contribution in [3.63, 3.8) is 0 Å². The summed E-state index contributed by atoms with van der Waals surface area (Å²) in [6.45, 7) is 0.0686. The van der Waals surface area contributed by atoms with E-state index in [4.69, 9.17) is 11.5 Å². The van der Waals surface area contributed by atoms with Gasteiger partial charge in [0.25, 0.3) is 0 Å². The lowest BCUT2D eigenvalue weighted by molar-refractivity contribution is -0.143. The number of benzene rings is 2. The molecular weight excluding hydrogens is 386 g/mol. The highest BCUT2D eigenvalue weighted by molar-refractivity contribution is 5.86. The molecule has 3 aromatic rings. The first-order valence-corrected chi connectivity index (χ1v) is 8.02. The average molecular weight is 400 g/mol. The highest BCUT2D eigenvalue weighted by Crippen LogP contribution is 2.39. The molecular formula is C18H14F6N4. The first-order valence-electron chi connectivity index (χ1n) is 8.02. The van der Waals surface area contributed by atoms with Gasteiger partial charge in [0.1, 0.15) is 5.82 Å². The summed E-state index contributed by atoms with van der Waals surface area (Å²) in [5.74, 6) is 0.333. The Balaban J connectivity index is 2.24. The van der Waals surface area contributed by atoms with Gasteiger partial charge in [-0.2, -0.15) is 26.3 Å². The second-order valence-electron chi connectivity index (χ2n) is 6.02. The van der Waals surface area contributed by atoms with Crippen molar-refractivity contribution in [2.24, 2.45) is 11.5 Å². The van der Waals surface area contributed by atoms with Gasteiger partial charge in [-0.05, 0) is 41.5 Å². The molecule has 0 atom stereocenters. The molecule has 0 aliphatic rings. The molecule has 0 radical (unpaired) electrons. The van der Waals surface area contributed by atoms with Crippen LogP contribution in [0.5, 0.6) is 0 Å². The summed E-state index contributed by atoms with van der Waals surface area (Å²) >= 11 is 0. The molecule has 1 heterocycles. The number of nitrogens with two attached hydrogens (primary N) is 2. The summed E-state index contributed by atoms with van der Waals surface area (Å²) in [5.41, 5.74) is 9.19. The summed E-state index contributed by atoms with van der Waals surface area (Å²) in [6, 6.07) is 5.74. The first kappa shape index (κ1) is 20.0. The number of fused-ring (bicyclic) bond motifs is 1. The molecule has 0 unspecified atom stereocenters. The van der Waals surface area contributed by atoms with Gasteiger partial charge in [-0.1, -0.05) is 6.07 Å². The summed E-state index contributed by atoms with van der Waals surface area (Å²) in [7, 11) is 0. The van der Waals surface area contributed by atoms with Crippen LogP contribution in [0.15, 0.2) is 36.4 Å². The van der Waals surface area contributed by atoms with Crippen LogP contribution >= 0.6 is 0 Å². The highest BCUT2D eigenvalue weighted by Gasteiger charge is 2.37. The molecule has 0 amide bonds. The van der Waals surface area contributed by atoms with E-state index in [0.717, 1.165) is 0 Å². The molecule has 4 N–H and O–H groups in total. The minimum Gasteiger partial charge on any atom is -0.325 e. The van der Waals surface area contributed by atoms with Gasteiger partial charge in [0.2, 0.25) is 0 Å². The zero-order chi connectivity index (χ0) is 20.7. The highest BCUT2D eigenvalue weighted by atomic mass is 19.4. The Morgan fingerprint density at radius 1 is 0.714 bits per heavy atom. The number of hydrogen-bond acceptors (Lipinski definition) is 4. The van der Waals surface area contributed by atoms with Gasteiger partial charge < -0.3 is 11.5 Å². The molecule has 0 aliphatic carbocycles. The van der Waals surface area contributed by atoms with Crippen LogP contribution in [0.2, 0.25) is 0 Å². The van der Waals surface area contributed by atoms with Crippen molar-refractivity contribution in [1.29, 1.82) is 0 Å². The summed E-state index contributed by atoms with van der Waals surface area (Å²) < 4.78 is 78.5. The Kier molecular flexibility index (Phi) is 5.02. The maximum absolute atomic E-state index is 13.1. The molecule has 0 spiro atoms. The molecule has 0 saturated carbocycles. The van der Waals surface area contributed by atoms with E-state index in [0.29, 0.717) is 34.6 Å². The summed E-state index contributed by atoms with van der Waals surface area (Å²) in [4.78, 5) is 8.36. The van der Waals surface area contributed by atoms with Crippen LogP contribution in [0.4, 0.5) is 26.3 Å². The minimum atomic E-state index is -4.92. The predicted octanol–water partition coefficient (Wildman–Crippen LogP) is 4.25. The van der Waals surface area contributed by atoms with Crippen LogP contribution in [-0.2, 0) is 25.4 Å². The zero-order valence-corrected chi connectivity index (χ0v) is 14.2. The van der Waals surface area contributed by atoms with E-state index < -0.39 is 23.5 Å². The predicted molar refractivity (Wildman–Crippen MR) is 90.8 cm³/mol. The van der Waals surface area contributed by atoms with E-state index in [2.05, 4.69) is 9.97 Å². The van der Waals surface area contributed by atoms with E-state index in [1.807, 2.05) is 0 Å². The molecule has 10 heteroatoms. The zero-order valence-electron chi connectivity index (χ0n) is 14.2. The lowest BCUT2D eigenvalue weighted by Crippen LogP contribution is -2.11. The third-order valence-electron chi connectivity index (χ3n) is 4.12. The molecule has 0 saturated heterocycles. The lowest BCUT2D eigenvalue weighted by atomic mass is 9.97. The minimum absolute atomic E-state index is 0.00582. The fraction of sp³-hybridized carbons (Fsp3) is 0.222. The molecule has 2 aromatic carbocycles. The molecule has 0 bridgehead atoms. The van der Waals surface area contributed by atoms with Crippen LogP contribution in [0.25, 0.3) is 22.0 Å². The number of halogens is 6. The van der Waals surface area contributed by atoms with Crippen LogP contribution in [0.1, 0.15) is 22.6 Å².